The van der Waals surface area contributed by atoms with E-state index >= 15 is 0 Å². The van der Waals surface area contributed by atoms with Crippen LogP contribution in [0, 0.1) is 0 Å². The van der Waals surface area contributed by atoms with Crippen LogP contribution in [0.4, 0.5) is 28.2 Å². The lowest BCUT2D eigenvalue weighted by atomic mass is 10.7. The molecule has 1 heterocycles. The van der Waals surface area contributed by atoms with Gasteiger partial charge in [-0.25, -0.2) is 0 Å². The van der Waals surface area contributed by atoms with E-state index in [1.54, 1.807) is 0 Å². The van der Waals surface area contributed by atoms with E-state index in [0.717, 1.165) is 0 Å². The molecule has 3 nitrogen and oxygen atoms in total. The quantitative estimate of drug-likeness (QED) is 0.543. The Morgan fingerprint density at radius 3 is 1.50 bits per heavy atom. The van der Waals surface area contributed by atoms with Gasteiger partial charge in [0.15, 0.2) is 0 Å². The van der Waals surface area contributed by atoms with Gasteiger partial charge in [0.05, 0.1) is 0 Å². The smallest absolute Gasteiger partial charge is 0.197 e. The van der Waals surface area contributed by atoms with E-state index < -0.39 is 31.0 Å². The standard InChI is InChI=1S/C2HF7O3S2/c3-2(4)1(13(10,11)12-2)14(5,6,7,8)9/h1H. The SMILES string of the molecule is O=S1(=O)OC(F)(F)C1S(F)(F)(F)(F)F. The van der Waals surface area contributed by atoms with Gasteiger partial charge in [-0.2, -0.15) is 21.4 Å². The lowest BCUT2D eigenvalue weighted by molar-refractivity contribution is -0.196. The molecule has 1 saturated heterocycles. The third-order valence-electron chi connectivity index (χ3n) is 1.17. The van der Waals surface area contributed by atoms with Gasteiger partial charge in [0, 0.05) is 0 Å². The first-order valence-corrected chi connectivity index (χ1v) is 6.10. The number of halogens is 7. The van der Waals surface area contributed by atoms with Gasteiger partial charge < -0.3 is 0 Å². The third kappa shape index (κ3) is 1.77. The van der Waals surface area contributed by atoms with Crippen molar-refractivity contribution in [1.29, 1.82) is 0 Å². The van der Waals surface area contributed by atoms with Crippen LogP contribution < -0.4 is 0 Å². The number of hydrogen-bond acceptors (Lipinski definition) is 3. The van der Waals surface area contributed by atoms with Crippen LogP contribution in [-0.4, -0.2) is 19.1 Å². The van der Waals surface area contributed by atoms with Crippen molar-refractivity contribution in [2.24, 2.45) is 0 Å². The van der Waals surface area contributed by atoms with Crippen molar-refractivity contribution in [1.82, 2.24) is 0 Å². The first kappa shape index (κ1) is 11.8. The Bertz CT molecular complexity index is 376. The second-order valence-corrected chi connectivity index (χ2v) is 6.95. The molecule has 1 aliphatic rings. The van der Waals surface area contributed by atoms with E-state index in [4.69, 9.17) is 0 Å². The maximum absolute atomic E-state index is 11.9. The zero-order chi connectivity index (χ0) is 11.7. The molecule has 88 valence electrons. The van der Waals surface area contributed by atoms with Crippen LogP contribution in [0.2, 0.25) is 0 Å². The number of alkyl halides is 2. The molecule has 12 heteroatoms. The van der Waals surface area contributed by atoms with Crippen molar-refractivity contribution < 1.29 is 40.8 Å². The summed E-state index contributed by atoms with van der Waals surface area (Å²) in [5, 5.41) is 0. The summed E-state index contributed by atoms with van der Waals surface area (Å²) in [4.78, 5) is 0. The molecule has 0 spiro atoms. The van der Waals surface area contributed by atoms with Gasteiger partial charge >= 0.3 is 31.0 Å². The minimum atomic E-state index is -10.8. The van der Waals surface area contributed by atoms with E-state index in [1.165, 1.54) is 0 Å². The fraction of sp³-hybridized carbons (Fsp3) is 1.00. The summed E-state index contributed by atoms with van der Waals surface area (Å²) in [5.74, 6) is 0. The van der Waals surface area contributed by atoms with Gasteiger partial charge in [0.1, 0.15) is 0 Å². The van der Waals surface area contributed by atoms with Crippen molar-refractivity contribution in [3.05, 3.63) is 0 Å². The van der Waals surface area contributed by atoms with Crippen LogP contribution in [0.15, 0.2) is 0 Å². The molecule has 0 amide bonds. The van der Waals surface area contributed by atoms with Crippen molar-refractivity contribution >= 4 is 20.3 Å². The second-order valence-electron chi connectivity index (χ2n) is 2.50. The molecule has 0 aromatic rings. The molecule has 1 aliphatic heterocycles. The lowest BCUT2D eigenvalue weighted by Gasteiger charge is -2.51. The highest BCUT2D eigenvalue weighted by atomic mass is 32.5. The highest BCUT2D eigenvalue weighted by Gasteiger charge is 2.89. The molecular formula is C2HF7O3S2. The summed E-state index contributed by atoms with van der Waals surface area (Å²) in [6, 6.07) is 0. The fourth-order valence-corrected chi connectivity index (χ4v) is 4.11. The van der Waals surface area contributed by atoms with Crippen LogP contribution in [0.25, 0.3) is 0 Å². The Balaban J connectivity index is 3.39. The molecule has 1 unspecified atom stereocenters. The van der Waals surface area contributed by atoms with Gasteiger partial charge in [-0.3, -0.25) is 0 Å². The zero-order valence-electron chi connectivity index (χ0n) is 5.76. The molecule has 0 aromatic heterocycles. The number of rotatable bonds is 1. The Hall–Kier alpha value is -0.230. The van der Waals surface area contributed by atoms with E-state index in [9.17, 15) is 36.6 Å². The predicted octanol–water partition coefficient (Wildman–Crippen LogP) is 2.56. The van der Waals surface area contributed by atoms with Crippen molar-refractivity contribution in [3.8, 4) is 0 Å². The number of hydrogen-bond donors (Lipinski definition) is 0. The Morgan fingerprint density at radius 2 is 1.43 bits per heavy atom. The molecule has 1 fully saturated rings. The highest BCUT2D eigenvalue weighted by Crippen LogP contribution is 3.03. The minimum absolute atomic E-state index is 2.45. The predicted molar refractivity (Wildman–Crippen MR) is 31.9 cm³/mol. The van der Waals surface area contributed by atoms with Gasteiger partial charge in [-0.15, -0.1) is 0 Å². The molecule has 14 heavy (non-hydrogen) atoms. The molecule has 0 saturated carbocycles. The maximum Gasteiger partial charge on any atom is 0.407 e. The largest absolute Gasteiger partial charge is 0.407 e. The van der Waals surface area contributed by atoms with Crippen molar-refractivity contribution in [3.63, 3.8) is 0 Å². The van der Waals surface area contributed by atoms with Crippen LogP contribution >= 0.6 is 10.2 Å². The average Bonchev–Trinajstić information content (AvgIpc) is 1.42. The highest BCUT2D eigenvalue weighted by molar-refractivity contribution is 8.50. The molecular weight excluding hydrogens is 269 g/mol. The van der Waals surface area contributed by atoms with Gasteiger partial charge in [0.2, 0.25) is 0 Å². The van der Waals surface area contributed by atoms with E-state index in [0.29, 0.717) is 0 Å². The van der Waals surface area contributed by atoms with Gasteiger partial charge in [-0.05, 0) is 0 Å². The van der Waals surface area contributed by atoms with E-state index in [1.807, 2.05) is 0 Å². The molecule has 0 N–H and O–H groups in total. The second kappa shape index (κ2) is 1.87. The van der Waals surface area contributed by atoms with Gasteiger partial charge in [-0.1, -0.05) is 19.4 Å². The molecule has 0 bridgehead atoms. The normalized spacial score (nSPS) is 35.2. The van der Waals surface area contributed by atoms with Gasteiger partial charge in [0.25, 0.3) is 0 Å². The third-order valence-corrected chi connectivity index (χ3v) is 5.30. The average molecular weight is 270 g/mol. The molecule has 1 rings (SSSR count). The molecule has 0 aliphatic carbocycles. The Morgan fingerprint density at radius 1 is 1.07 bits per heavy atom. The monoisotopic (exact) mass is 270 g/mol. The summed E-state index contributed by atoms with van der Waals surface area (Å²) in [5.41, 5.74) is 0. The molecule has 0 radical (unpaired) electrons. The summed E-state index contributed by atoms with van der Waals surface area (Å²) >= 11 is 0. The van der Waals surface area contributed by atoms with E-state index in [2.05, 4.69) is 4.18 Å². The summed E-state index contributed by atoms with van der Waals surface area (Å²) < 4.78 is 99.8. The Labute approximate surface area is 72.7 Å². The molecule has 1 atom stereocenters. The zero-order valence-corrected chi connectivity index (χ0v) is 7.40. The van der Waals surface area contributed by atoms with Crippen LogP contribution in [0.3, 0.4) is 0 Å². The summed E-state index contributed by atoms with van der Waals surface area (Å²) in [6.07, 6.45) is -5.43. The fourth-order valence-electron chi connectivity index (χ4n) is 0.845. The lowest BCUT2D eigenvalue weighted by Crippen LogP contribution is -2.60. The Kier molecular flexibility index (Phi) is 1.58. The maximum atomic E-state index is 11.9. The summed E-state index contributed by atoms with van der Waals surface area (Å²) in [6.45, 7) is 0. The summed E-state index contributed by atoms with van der Waals surface area (Å²) in [7, 11) is -16.8. The first-order valence-electron chi connectivity index (χ1n) is 2.61. The van der Waals surface area contributed by atoms with Crippen molar-refractivity contribution in [2.75, 3.05) is 0 Å². The van der Waals surface area contributed by atoms with Crippen LogP contribution in [0.1, 0.15) is 0 Å². The van der Waals surface area contributed by atoms with E-state index in [-0.39, 0.29) is 0 Å². The van der Waals surface area contributed by atoms with Crippen molar-refractivity contribution in [2.45, 2.75) is 10.7 Å². The minimum Gasteiger partial charge on any atom is -0.197 e. The molecule has 0 aromatic carbocycles. The van der Waals surface area contributed by atoms with Crippen LogP contribution in [0.5, 0.6) is 0 Å². The first-order chi connectivity index (χ1) is 5.56. The topological polar surface area (TPSA) is 43.4 Å². The van der Waals surface area contributed by atoms with Crippen LogP contribution in [-0.2, 0) is 14.3 Å².